The normalized spacial score (nSPS) is 13.6. The summed E-state index contributed by atoms with van der Waals surface area (Å²) >= 11 is 0. The highest BCUT2D eigenvalue weighted by molar-refractivity contribution is 7.89. The molecule has 1 aliphatic carbocycles. The minimum atomic E-state index is -3.71. The fourth-order valence-electron chi connectivity index (χ4n) is 3.08. The van der Waals surface area contributed by atoms with Crippen molar-refractivity contribution in [2.24, 2.45) is 0 Å². The molecule has 0 radical (unpaired) electrons. The lowest BCUT2D eigenvalue weighted by Crippen LogP contribution is -2.28. The first-order valence-electron chi connectivity index (χ1n) is 10.4. The van der Waals surface area contributed by atoms with Crippen LogP contribution < -0.4 is 10.6 Å². The van der Waals surface area contributed by atoms with Gasteiger partial charge in [-0.05, 0) is 56.5 Å². The number of amides is 2. The third kappa shape index (κ3) is 6.24. The van der Waals surface area contributed by atoms with Gasteiger partial charge >= 0.3 is 0 Å². The third-order valence-electron chi connectivity index (χ3n) is 5.17. The Hall–Kier alpha value is -3.04. The van der Waals surface area contributed by atoms with E-state index in [1.807, 2.05) is 0 Å². The number of benzene rings is 2. The summed E-state index contributed by atoms with van der Waals surface area (Å²) in [6.45, 7) is 1.58. The highest BCUT2D eigenvalue weighted by atomic mass is 32.2. The molecule has 0 saturated heterocycles. The summed E-state index contributed by atoms with van der Waals surface area (Å²) in [6.07, 6.45) is 2.45. The topological polar surface area (TPSA) is 113 Å². The standard InChI is InChI=1S/C23H27N3O5S/c1-16(27)17-8-12-21(13-9-17)32(30,31)26(2)14-4-7-22(28)24-20-6-3-5-18(15-20)23(29)25-19-10-11-19/h3,5-6,8-9,12-13,15,19H,4,7,10-11,14H2,1-2H3,(H,24,28)(H,25,29). The van der Waals surface area contributed by atoms with Crippen LogP contribution in [0.3, 0.4) is 0 Å². The minimum absolute atomic E-state index is 0.0933. The fourth-order valence-corrected chi connectivity index (χ4v) is 4.29. The zero-order valence-corrected chi connectivity index (χ0v) is 18.9. The molecule has 8 nitrogen and oxygen atoms in total. The van der Waals surface area contributed by atoms with Crippen molar-refractivity contribution in [3.05, 3.63) is 59.7 Å². The average Bonchev–Trinajstić information content (AvgIpc) is 3.57. The quantitative estimate of drug-likeness (QED) is 0.533. The molecule has 2 aromatic carbocycles. The number of carbonyl (C=O) groups excluding carboxylic acids is 3. The van der Waals surface area contributed by atoms with Gasteiger partial charge in [0.1, 0.15) is 0 Å². The molecule has 32 heavy (non-hydrogen) atoms. The SMILES string of the molecule is CC(=O)c1ccc(S(=O)(=O)N(C)CCCC(=O)Nc2cccc(C(=O)NC3CC3)c2)cc1. The molecular weight excluding hydrogens is 430 g/mol. The van der Waals surface area contributed by atoms with E-state index in [-0.39, 0.29) is 41.5 Å². The van der Waals surface area contributed by atoms with Crippen molar-refractivity contribution in [3.63, 3.8) is 0 Å². The van der Waals surface area contributed by atoms with Crippen LogP contribution in [0.25, 0.3) is 0 Å². The molecule has 0 unspecified atom stereocenters. The number of nitrogens with zero attached hydrogens (tertiary/aromatic N) is 1. The van der Waals surface area contributed by atoms with E-state index < -0.39 is 10.0 Å². The lowest BCUT2D eigenvalue weighted by Gasteiger charge is -2.17. The first kappa shape index (κ1) is 23.6. The molecule has 2 N–H and O–H groups in total. The number of nitrogens with one attached hydrogen (secondary N) is 2. The lowest BCUT2D eigenvalue weighted by atomic mass is 10.2. The largest absolute Gasteiger partial charge is 0.349 e. The number of carbonyl (C=O) groups is 3. The van der Waals surface area contributed by atoms with Crippen LogP contribution in [0.15, 0.2) is 53.4 Å². The van der Waals surface area contributed by atoms with Crippen molar-refractivity contribution in [1.29, 1.82) is 0 Å². The van der Waals surface area contributed by atoms with Crippen LogP contribution in [-0.4, -0.2) is 50.0 Å². The maximum atomic E-state index is 12.7. The van der Waals surface area contributed by atoms with Gasteiger partial charge in [0, 0.05) is 42.9 Å². The number of sulfonamides is 1. The molecule has 1 saturated carbocycles. The predicted octanol–water partition coefficient (Wildman–Crippen LogP) is 2.82. The highest BCUT2D eigenvalue weighted by Gasteiger charge is 2.24. The Bertz CT molecular complexity index is 1110. The van der Waals surface area contributed by atoms with Crippen molar-refractivity contribution in [2.75, 3.05) is 18.9 Å². The fraction of sp³-hybridized carbons (Fsp3) is 0.348. The molecule has 1 fully saturated rings. The molecule has 0 atom stereocenters. The van der Waals surface area contributed by atoms with Crippen molar-refractivity contribution in [3.8, 4) is 0 Å². The molecule has 2 amide bonds. The van der Waals surface area contributed by atoms with Gasteiger partial charge in [-0.2, -0.15) is 0 Å². The highest BCUT2D eigenvalue weighted by Crippen LogP contribution is 2.20. The van der Waals surface area contributed by atoms with Gasteiger partial charge in [-0.3, -0.25) is 14.4 Å². The van der Waals surface area contributed by atoms with Crippen molar-refractivity contribution < 1.29 is 22.8 Å². The van der Waals surface area contributed by atoms with Gasteiger partial charge in [0.2, 0.25) is 15.9 Å². The van der Waals surface area contributed by atoms with Gasteiger partial charge in [0.15, 0.2) is 5.78 Å². The molecule has 0 aromatic heterocycles. The zero-order chi connectivity index (χ0) is 23.3. The lowest BCUT2D eigenvalue weighted by molar-refractivity contribution is -0.116. The van der Waals surface area contributed by atoms with E-state index >= 15 is 0 Å². The summed E-state index contributed by atoms with van der Waals surface area (Å²) in [5.74, 6) is -0.560. The smallest absolute Gasteiger partial charge is 0.251 e. The average molecular weight is 458 g/mol. The zero-order valence-electron chi connectivity index (χ0n) is 18.1. The summed E-state index contributed by atoms with van der Waals surface area (Å²) in [5.41, 5.74) is 1.44. The summed E-state index contributed by atoms with van der Waals surface area (Å²) in [5, 5.41) is 5.65. The molecule has 2 aromatic rings. The van der Waals surface area contributed by atoms with Crippen molar-refractivity contribution in [2.45, 2.75) is 43.5 Å². The van der Waals surface area contributed by atoms with Gasteiger partial charge < -0.3 is 10.6 Å². The number of Topliss-reactive ketones (excluding diaryl/α,β-unsaturated/α-hetero) is 1. The van der Waals surface area contributed by atoms with E-state index in [0.29, 0.717) is 23.2 Å². The second-order valence-electron chi connectivity index (χ2n) is 7.89. The first-order chi connectivity index (χ1) is 15.2. The summed E-state index contributed by atoms with van der Waals surface area (Å²) < 4.78 is 26.5. The molecule has 9 heteroatoms. The molecule has 3 rings (SSSR count). The molecule has 0 heterocycles. The van der Waals surface area contributed by atoms with Crippen LogP contribution in [-0.2, 0) is 14.8 Å². The minimum Gasteiger partial charge on any atom is -0.349 e. The van der Waals surface area contributed by atoms with E-state index in [9.17, 15) is 22.8 Å². The van der Waals surface area contributed by atoms with Crippen LogP contribution in [0.4, 0.5) is 5.69 Å². The summed E-state index contributed by atoms with van der Waals surface area (Å²) in [4.78, 5) is 35.9. The Morgan fingerprint density at radius 2 is 1.72 bits per heavy atom. The van der Waals surface area contributed by atoms with Crippen LogP contribution in [0.5, 0.6) is 0 Å². The van der Waals surface area contributed by atoms with Gasteiger partial charge in [0.05, 0.1) is 4.90 Å². The Balaban J connectivity index is 1.49. The molecule has 0 spiro atoms. The Morgan fingerprint density at radius 1 is 1.03 bits per heavy atom. The molecule has 1 aliphatic rings. The van der Waals surface area contributed by atoms with Gasteiger partial charge in [-0.25, -0.2) is 12.7 Å². The second-order valence-corrected chi connectivity index (χ2v) is 9.93. The first-order valence-corrected chi connectivity index (χ1v) is 11.9. The molecule has 0 bridgehead atoms. The molecule has 170 valence electrons. The van der Waals surface area contributed by atoms with Crippen molar-refractivity contribution in [1.82, 2.24) is 9.62 Å². The number of rotatable bonds is 10. The maximum absolute atomic E-state index is 12.7. The van der Waals surface area contributed by atoms with E-state index in [1.165, 1.54) is 42.5 Å². The molecule has 0 aliphatic heterocycles. The van der Waals surface area contributed by atoms with E-state index in [0.717, 1.165) is 12.8 Å². The van der Waals surface area contributed by atoms with Crippen LogP contribution in [0.2, 0.25) is 0 Å². The number of anilines is 1. The van der Waals surface area contributed by atoms with Gasteiger partial charge in [-0.15, -0.1) is 0 Å². The molecular formula is C23H27N3O5S. The summed E-state index contributed by atoms with van der Waals surface area (Å²) in [7, 11) is -2.26. The Kier molecular flexibility index (Phi) is 7.42. The van der Waals surface area contributed by atoms with Crippen LogP contribution in [0, 0.1) is 0 Å². The summed E-state index contributed by atoms with van der Waals surface area (Å²) in [6, 6.07) is 12.7. The second kappa shape index (κ2) is 10.1. The van der Waals surface area contributed by atoms with E-state index in [1.54, 1.807) is 24.3 Å². The predicted molar refractivity (Wildman–Crippen MR) is 121 cm³/mol. The number of hydrogen-bond donors (Lipinski definition) is 2. The van der Waals surface area contributed by atoms with E-state index in [4.69, 9.17) is 0 Å². The van der Waals surface area contributed by atoms with Gasteiger partial charge in [-0.1, -0.05) is 18.2 Å². The van der Waals surface area contributed by atoms with Crippen LogP contribution in [0.1, 0.15) is 53.3 Å². The Labute approximate surface area is 188 Å². The third-order valence-corrected chi connectivity index (χ3v) is 7.04. The number of hydrogen-bond acceptors (Lipinski definition) is 5. The van der Waals surface area contributed by atoms with Crippen LogP contribution >= 0.6 is 0 Å². The monoisotopic (exact) mass is 457 g/mol. The van der Waals surface area contributed by atoms with Gasteiger partial charge in [0.25, 0.3) is 5.91 Å². The Morgan fingerprint density at radius 3 is 2.34 bits per heavy atom. The van der Waals surface area contributed by atoms with E-state index in [2.05, 4.69) is 10.6 Å². The maximum Gasteiger partial charge on any atom is 0.251 e. The van der Waals surface area contributed by atoms with Crippen molar-refractivity contribution >= 4 is 33.3 Å². The number of ketones is 1.